The van der Waals surface area contributed by atoms with Gasteiger partial charge in [-0.1, -0.05) is 13.0 Å². The summed E-state index contributed by atoms with van der Waals surface area (Å²) in [5.74, 6) is -1.31. The Balaban J connectivity index is 1.86. The van der Waals surface area contributed by atoms with Gasteiger partial charge in [0.2, 0.25) is 0 Å². The molecule has 1 aliphatic heterocycles. The number of aryl methyl sites for hydroxylation is 1. The van der Waals surface area contributed by atoms with Gasteiger partial charge in [0, 0.05) is 24.3 Å². The van der Waals surface area contributed by atoms with Crippen molar-refractivity contribution in [3.8, 4) is 0 Å². The number of nitrogens with one attached hydrogen (secondary N) is 1. The molecule has 1 aromatic carbocycles. The van der Waals surface area contributed by atoms with E-state index in [2.05, 4.69) is 9.97 Å². The van der Waals surface area contributed by atoms with Crippen LogP contribution in [0.4, 0.5) is 8.78 Å². The lowest BCUT2D eigenvalue weighted by Crippen LogP contribution is -2.27. The first-order valence-electron chi connectivity index (χ1n) is 7.92. The highest BCUT2D eigenvalue weighted by atomic mass is 19.2. The fourth-order valence-electron chi connectivity index (χ4n) is 3.13. The number of aliphatic hydroxyl groups excluding tert-OH is 1. The summed E-state index contributed by atoms with van der Waals surface area (Å²) in [6.45, 7) is 2.61. The Morgan fingerprint density at radius 1 is 1.33 bits per heavy atom. The number of hydrogen-bond acceptors (Lipinski definition) is 4. The van der Waals surface area contributed by atoms with Crippen LogP contribution in [0.25, 0.3) is 0 Å². The van der Waals surface area contributed by atoms with Crippen LogP contribution in [-0.4, -0.2) is 32.6 Å². The summed E-state index contributed by atoms with van der Waals surface area (Å²) in [7, 11) is 0. The maximum atomic E-state index is 13.5. The van der Waals surface area contributed by atoms with E-state index < -0.39 is 17.7 Å². The summed E-state index contributed by atoms with van der Waals surface area (Å²) in [4.78, 5) is 20.7. The van der Waals surface area contributed by atoms with Crippen molar-refractivity contribution in [2.75, 3.05) is 6.54 Å². The number of aromatic amines is 1. The molecule has 2 aromatic rings. The highest BCUT2D eigenvalue weighted by molar-refractivity contribution is 5.23. The number of likely N-dealkylation sites (tertiary alicyclic amines) is 1. The highest BCUT2D eigenvalue weighted by Crippen LogP contribution is 2.33. The zero-order chi connectivity index (χ0) is 17.3. The normalized spacial score (nSPS) is 21.3. The standard InChI is InChI=1S/C17H19F2N3O2/c1-2-11-6-17(24)21-16(20-11)9-22-8-12(23)7-15(22)10-3-4-13(18)14(19)5-10/h3-6,12,15,23H,2,7-9H2,1H3,(H,20,21,24). The van der Waals surface area contributed by atoms with Gasteiger partial charge in [-0.25, -0.2) is 13.8 Å². The fourth-order valence-corrected chi connectivity index (χ4v) is 3.13. The van der Waals surface area contributed by atoms with Crippen LogP contribution in [0.15, 0.2) is 29.1 Å². The summed E-state index contributed by atoms with van der Waals surface area (Å²) in [5, 5.41) is 9.99. The number of aliphatic hydroxyl groups is 1. The van der Waals surface area contributed by atoms with E-state index >= 15 is 0 Å². The third-order valence-corrected chi connectivity index (χ3v) is 4.27. The number of H-pyrrole nitrogens is 1. The highest BCUT2D eigenvalue weighted by Gasteiger charge is 2.32. The lowest BCUT2D eigenvalue weighted by Gasteiger charge is -2.24. The summed E-state index contributed by atoms with van der Waals surface area (Å²) >= 11 is 0. The molecule has 2 atom stereocenters. The monoisotopic (exact) mass is 335 g/mol. The third-order valence-electron chi connectivity index (χ3n) is 4.27. The Labute approximate surface area is 138 Å². The number of benzene rings is 1. The molecular weight excluding hydrogens is 316 g/mol. The first-order chi connectivity index (χ1) is 11.5. The second kappa shape index (κ2) is 6.78. The molecule has 0 amide bonds. The largest absolute Gasteiger partial charge is 0.392 e. The molecule has 3 rings (SSSR count). The number of hydrogen-bond donors (Lipinski definition) is 2. The van der Waals surface area contributed by atoms with Crippen LogP contribution in [-0.2, 0) is 13.0 Å². The Bertz CT molecular complexity index is 794. The van der Waals surface area contributed by atoms with Crippen molar-refractivity contribution in [3.63, 3.8) is 0 Å². The lowest BCUT2D eigenvalue weighted by atomic mass is 10.0. The van der Waals surface area contributed by atoms with E-state index in [9.17, 15) is 18.7 Å². The Morgan fingerprint density at radius 2 is 2.12 bits per heavy atom. The molecule has 128 valence electrons. The van der Waals surface area contributed by atoms with Gasteiger partial charge >= 0.3 is 0 Å². The van der Waals surface area contributed by atoms with E-state index in [1.807, 2.05) is 11.8 Å². The Kier molecular flexibility index (Phi) is 4.73. The van der Waals surface area contributed by atoms with Gasteiger partial charge < -0.3 is 10.1 Å². The molecule has 24 heavy (non-hydrogen) atoms. The minimum absolute atomic E-state index is 0.221. The van der Waals surface area contributed by atoms with Gasteiger partial charge in [0.1, 0.15) is 5.82 Å². The van der Waals surface area contributed by atoms with E-state index in [0.29, 0.717) is 43.0 Å². The molecule has 0 bridgehead atoms. The molecule has 1 aromatic heterocycles. The van der Waals surface area contributed by atoms with Crippen molar-refractivity contribution in [2.45, 2.75) is 38.5 Å². The van der Waals surface area contributed by atoms with Crippen LogP contribution in [0, 0.1) is 11.6 Å². The molecule has 0 spiro atoms. The number of aromatic nitrogens is 2. The topological polar surface area (TPSA) is 69.2 Å². The molecule has 0 radical (unpaired) electrons. The van der Waals surface area contributed by atoms with Crippen molar-refractivity contribution < 1.29 is 13.9 Å². The molecule has 2 heterocycles. The van der Waals surface area contributed by atoms with Crippen molar-refractivity contribution in [1.82, 2.24) is 14.9 Å². The zero-order valence-corrected chi connectivity index (χ0v) is 13.3. The molecule has 5 nitrogen and oxygen atoms in total. The third kappa shape index (κ3) is 3.52. The van der Waals surface area contributed by atoms with Gasteiger partial charge in [0.05, 0.1) is 12.6 Å². The van der Waals surface area contributed by atoms with Crippen LogP contribution in [0.1, 0.15) is 36.5 Å². The molecule has 0 saturated carbocycles. The smallest absolute Gasteiger partial charge is 0.251 e. The van der Waals surface area contributed by atoms with Crippen LogP contribution >= 0.6 is 0 Å². The summed E-state index contributed by atoms with van der Waals surface area (Å²) in [5.41, 5.74) is 1.07. The maximum absolute atomic E-state index is 13.5. The van der Waals surface area contributed by atoms with E-state index in [1.54, 1.807) is 0 Å². The van der Waals surface area contributed by atoms with Crippen LogP contribution in [0.2, 0.25) is 0 Å². The molecule has 1 saturated heterocycles. The molecule has 2 N–H and O–H groups in total. The predicted molar refractivity (Wildman–Crippen MR) is 84.4 cm³/mol. The number of β-amino-alcohol motifs (C(OH)–C–C–N with tert-alkyl or cyclic N) is 1. The van der Waals surface area contributed by atoms with Crippen LogP contribution in [0.5, 0.6) is 0 Å². The van der Waals surface area contributed by atoms with Crippen molar-refractivity contribution in [1.29, 1.82) is 0 Å². The van der Waals surface area contributed by atoms with Gasteiger partial charge in [-0.2, -0.15) is 0 Å². The molecule has 0 aliphatic carbocycles. The average Bonchev–Trinajstić information content (AvgIpc) is 2.90. The first kappa shape index (κ1) is 16.7. The average molecular weight is 335 g/mol. The fraction of sp³-hybridized carbons (Fsp3) is 0.412. The first-order valence-corrected chi connectivity index (χ1v) is 7.92. The van der Waals surface area contributed by atoms with E-state index in [4.69, 9.17) is 0 Å². The van der Waals surface area contributed by atoms with Crippen molar-refractivity contribution in [3.05, 3.63) is 63.3 Å². The van der Waals surface area contributed by atoms with Crippen LogP contribution < -0.4 is 5.56 Å². The lowest BCUT2D eigenvalue weighted by molar-refractivity contribution is 0.171. The quantitative estimate of drug-likeness (QED) is 0.896. The minimum atomic E-state index is -0.909. The number of halogens is 2. The van der Waals surface area contributed by atoms with Gasteiger partial charge in [0.25, 0.3) is 5.56 Å². The SMILES string of the molecule is CCc1cc(=O)[nH]c(CN2CC(O)CC2c2ccc(F)c(F)c2)n1. The van der Waals surface area contributed by atoms with Gasteiger partial charge in [-0.15, -0.1) is 0 Å². The summed E-state index contributed by atoms with van der Waals surface area (Å²) in [6.07, 6.45) is 0.499. The van der Waals surface area contributed by atoms with E-state index in [0.717, 1.165) is 12.1 Å². The number of nitrogens with zero attached hydrogens (tertiary/aromatic N) is 2. The van der Waals surface area contributed by atoms with Gasteiger partial charge in [-0.3, -0.25) is 9.69 Å². The predicted octanol–water partition coefficient (Wildman–Crippen LogP) is 1.92. The molecule has 1 fully saturated rings. The van der Waals surface area contributed by atoms with Gasteiger partial charge in [-0.05, 0) is 30.5 Å². The van der Waals surface area contributed by atoms with E-state index in [-0.39, 0.29) is 11.6 Å². The second-order valence-corrected chi connectivity index (χ2v) is 6.05. The Hall–Kier alpha value is -2.12. The minimum Gasteiger partial charge on any atom is -0.392 e. The number of rotatable bonds is 4. The summed E-state index contributed by atoms with van der Waals surface area (Å²) in [6, 6.07) is 4.96. The zero-order valence-electron chi connectivity index (χ0n) is 13.3. The van der Waals surface area contributed by atoms with Crippen molar-refractivity contribution in [2.24, 2.45) is 0 Å². The van der Waals surface area contributed by atoms with E-state index in [1.165, 1.54) is 12.1 Å². The Morgan fingerprint density at radius 3 is 2.83 bits per heavy atom. The molecule has 7 heteroatoms. The van der Waals surface area contributed by atoms with Crippen molar-refractivity contribution >= 4 is 0 Å². The van der Waals surface area contributed by atoms with Crippen LogP contribution in [0.3, 0.4) is 0 Å². The molecular formula is C17H19F2N3O2. The molecule has 2 unspecified atom stereocenters. The summed E-state index contributed by atoms with van der Waals surface area (Å²) < 4.78 is 26.7. The molecule has 1 aliphatic rings. The maximum Gasteiger partial charge on any atom is 0.251 e. The second-order valence-electron chi connectivity index (χ2n) is 6.05. The van der Waals surface area contributed by atoms with Gasteiger partial charge in [0.15, 0.2) is 11.6 Å².